The van der Waals surface area contributed by atoms with Crippen LogP contribution in [0.15, 0.2) is 24.3 Å². The van der Waals surface area contributed by atoms with E-state index in [1.807, 2.05) is 0 Å². The third-order valence-electron chi connectivity index (χ3n) is 2.75. The van der Waals surface area contributed by atoms with E-state index in [0.29, 0.717) is 0 Å². The van der Waals surface area contributed by atoms with Gasteiger partial charge < -0.3 is 15.7 Å². The van der Waals surface area contributed by atoms with Gasteiger partial charge in [0.25, 0.3) is 5.91 Å². The minimum atomic E-state index is -1.14. The van der Waals surface area contributed by atoms with Crippen molar-refractivity contribution in [1.29, 1.82) is 0 Å². The number of halogens is 1. The van der Waals surface area contributed by atoms with Gasteiger partial charge in [-0.25, -0.2) is 9.18 Å². The minimum absolute atomic E-state index is 0.0847. The van der Waals surface area contributed by atoms with Crippen molar-refractivity contribution in [3.8, 4) is 0 Å². The second-order valence-electron chi connectivity index (χ2n) is 4.82. The Morgan fingerprint density at radius 3 is 2.48 bits per heavy atom. The van der Waals surface area contributed by atoms with Crippen LogP contribution < -0.4 is 10.6 Å². The largest absolute Gasteiger partial charge is 0.480 e. The van der Waals surface area contributed by atoms with Crippen LogP contribution in [0.3, 0.4) is 0 Å². The molecule has 0 fully saturated rings. The van der Waals surface area contributed by atoms with Gasteiger partial charge in [0.05, 0.1) is 6.54 Å². The molecule has 0 aliphatic rings. The highest BCUT2D eigenvalue weighted by Gasteiger charge is 2.23. The fraction of sp³-hybridized carbons (Fsp3) is 0.357. The molecule has 114 valence electrons. The van der Waals surface area contributed by atoms with E-state index < -0.39 is 29.6 Å². The summed E-state index contributed by atoms with van der Waals surface area (Å²) < 4.78 is 13.0. The number of nitrogens with one attached hydrogen (secondary N) is 2. The number of carboxylic acids is 1. The second-order valence-corrected chi connectivity index (χ2v) is 4.82. The number of carboxylic acid groups (broad SMARTS) is 1. The van der Waals surface area contributed by atoms with Crippen LogP contribution in [0.2, 0.25) is 0 Å². The van der Waals surface area contributed by atoms with Crippen LogP contribution in [-0.4, -0.2) is 35.5 Å². The van der Waals surface area contributed by atoms with Crippen LogP contribution in [-0.2, 0) is 9.59 Å². The molecule has 0 heterocycles. The lowest BCUT2D eigenvalue weighted by Crippen LogP contribution is -2.48. The van der Waals surface area contributed by atoms with Crippen molar-refractivity contribution in [3.63, 3.8) is 0 Å². The zero-order valence-corrected chi connectivity index (χ0v) is 11.7. The molecule has 0 unspecified atom stereocenters. The number of benzene rings is 1. The maximum absolute atomic E-state index is 13.0. The van der Waals surface area contributed by atoms with Gasteiger partial charge in [-0.3, -0.25) is 9.59 Å². The fourth-order valence-corrected chi connectivity index (χ4v) is 1.63. The molecule has 21 heavy (non-hydrogen) atoms. The number of amides is 2. The summed E-state index contributed by atoms with van der Waals surface area (Å²) in [6.45, 7) is 2.93. The van der Waals surface area contributed by atoms with Crippen molar-refractivity contribution in [1.82, 2.24) is 10.6 Å². The maximum atomic E-state index is 13.0. The Kier molecular flexibility index (Phi) is 5.83. The van der Waals surface area contributed by atoms with Crippen LogP contribution in [0.4, 0.5) is 4.39 Å². The van der Waals surface area contributed by atoms with Crippen molar-refractivity contribution >= 4 is 17.8 Å². The third-order valence-corrected chi connectivity index (χ3v) is 2.75. The highest BCUT2D eigenvalue weighted by molar-refractivity contribution is 5.96. The molecule has 7 heteroatoms. The number of carbonyl (C=O) groups excluding carboxylic acids is 2. The summed E-state index contributed by atoms with van der Waals surface area (Å²) in [6.07, 6.45) is 0. The molecule has 0 aliphatic carbocycles. The van der Waals surface area contributed by atoms with E-state index in [9.17, 15) is 18.8 Å². The molecule has 3 N–H and O–H groups in total. The number of hydrogen-bond acceptors (Lipinski definition) is 3. The fourth-order valence-electron chi connectivity index (χ4n) is 1.63. The summed E-state index contributed by atoms with van der Waals surface area (Å²) in [5.41, 5.74) is 0.0847. The Morgan fingerprint density at radius 1 is 1.29 bits per heavy atom. The van der Waals surface area contributed by atoms with Crippen molar-refractivity contribution in [2.45, 2.75) is 19.9 Å². The number of aliphatic carboxylic acids is 1. The molecule has 1 atom stereocenters. The van der Waals surface area contributed by atoms with Crippen LogP contribution in [0.25, 0.3) is 0 Å². The van der Waals surface area contributed by atoms with Gasteiger partial charge in [-0.1, -0.05) is 19.9 Å². The Balaban J connectivity index is 2.53. The lowest BCUT2D eigenvalue weighted by molar-refractivity contribution is -0.142. The van der Waals surface area contributed by atoms with E-state index in [0.717, 1.165) is 6.07 Å². The highest BCUT2D eigenvalue weighted by Crippen LogP contribution is 2.03. The Bertz CT molecular complexity index is 546. The lowest BCUT2D eigenvalue weighted by atomic mass is 10.1. The molecule has 1 aromatic carbocycles. The van der Waals surface area contributed by atoms with E-state index in [2.05, 4.69) is 10.6 Å². The summed E-state index contributed by atoms with van der Waals surface area (Å²) in [4.78, 5) is 34.2. The number of hydrogen-bond donors (Lipinski definition) is 3. The monoisotopic (exact) mass is 296 g/mol. The van der Waals surface area contributed by atoms with Crippen molar-refractivity contribution < 1.29 is 23.9 Å². The molecular formula is C14H17FN2O4. The third kappa shape index (κ3) is 5.21. The topological polar surface area (TPSA) is 95.5 Å². The molecule has 2 amide bonds. The minimum Gasteiger partial charge on any atom is -0.480 e. The van der Waals surface area contributed by atoms with E-state index in [1.165, 1.54) is 18.2 Å². The first kappa shape index (κ1) is 16.6. The average molecular weight is 296 g/mol. The van der Waals surface area contributed by atoms with E-state index in [1.54, 1.807) is 13.8 Å². The van der Waals surface area contributed by atoms with Gasteiger partial charge >= 0.3 is 5.97 Å². The molecule has 0 aromatic heterocycles. The van der Waals surface area contributed by atoms with E-state index in [4.69, 9.17) is 5.11 Å². The second kappa shape index (κ2) is 7.37. The summed E-state index contributed by atoms with van der Waals surface area (Å²) in [7, 11) is 0. The Labute approximate surface area is 121 Å². The quantitative estimate of drug-likeness (QED) is 0.723. The predicted octanol–water partition coefficient (Wildman–Crippen LogP) is 0.781. The van der Waals surface area contributed by atoms with Crippen molar-refractivity contribution in [3.05, 3.63) is 35.6 Å². The van der Waals surface area contributed by atoms with Gasteiger partial charge in [-0.15, -0.1) is 0 Å². The first-order valence-corrected chi connectivity index (χ1v) is 6.37. The first-order chi connectivity index (χ1) is 9.81. The average Bonchev–Trinajstić information content (AvgIpc) is 2.41. The van der Waals surface area contributed by atoms with Gasteiger partial charge in [0.1, 0.15) is 11.9 Å². The molecule has 0 spiro atoms. The predicted molar refractivity (Wildman–Crippen MR) is 73.1 cm³/mol. The zero-order valence-electron chi connectivity index (χ0n) is 11.7. The smallest absolute Gasteiger partial charge is 0.326 e. The molecule has 0 saturated carbocycles. The van der Waals surface area contributed by atoms with Crippen LogP contribution in [0, 0.1) is 11.7 Å². The molecule has 0 saturated heterocycles. The van der Waals surface area contributed by atoms with Crippen LogP contribution >= 0.6 is 0 Å². The SMILES string of the molecule is CC(C)[C@H](NC(=O)CNC(=O)c1cccc(F)c1)C(=O)O. The first-order valence-electron chi connectivity index (χ1n) is 6.37. The van der Waals surface area contributed by atoms with Crippen LogP contribution in [0.5, 0.6) is 0 Å². The Hall–Kier alpha value is -2.44. The zero-order chi connectivity index (χ0) is 16.0. The van der Waals surface area contributed by atoms with Gasteiger partial charge in [-0.05, 0) is 24.1 Å². The van der Waals surface area contributed by atoms with E-state index >= 15 is 0 Å². The van der Waals surface area contributed by atoms with E-state index in [-0.39, 0.29) is 18.0 Å². The summed E-state index contributed by atoms with van der Waals surface area (Å²) >= 11 is 0. The van der Waals surface area contributed by atoms with Gasteiger partial charge in [-0.2, -0.15) is 0 Å². The summed E-state index contributed by atoms with van der Waals surface area (Å²) in [6, 6.07) is 4.00. The van der Waals surface area contributed by atoms with Gasteiger partial charge in [0.2, 0.25) is 5.91 Å². The van der Waals surface area contributed by atoms with Crippen molar-refractivity contribution in [2.24, 2.45) is 5.92 Å². The summed E-state index contributed by atoms with van der Waals surface area (Å²) in [5, 5.41) is 13.5. The highest BCUT2D eigenvalue weighted by atomic mass is 19.1. The van der Waals surface area contributed by atoms with Gasteiger partial charge in [0.15, 0.2) is 0 Å². The molecule has 0 aliphatic heterocycles. The molecule has 0 radical (unpaired) electrons. The number of carbonyl (C=O) groups is 3. The molecule has 1 rings (SSSR count). The normalized spacial score (nSPS) is 11.8. The molecule has 0 bridgehead atoms. The van der Waals surface area contributed by atoms with Gasteiger partial charge in [0, 0.05) is 5.56 Å². The summed E-state index contributed by atoms with van der Waals surface area (Å²) in [5.74, 6) is -3.22. The number of rotatable bonds is 6. The molecule has 6 nitrogen and oxygen atoms in total. The molecular weight excluding hydrogens is 279 g/mol. The van der Waals surface area contributed by atoms with Crippen LogP contribution in [0.1, 0.15) is 24.2 Å². The molecule has 1 aromatic rings. The standard InChI is InChI=1S/C14H17FN2O4/c1-8(2)12(14(20)21)17-11(18)7-16-13(19)9-4-3-5-10(15)6-9/h3-6,8,12H,7H2,1-2H3,(H,16,19)(H,17,18)(H,20,21)/t12-/m0/s1. The van der Waals surface area contributed by atoms with Crippen molar-refractivity contribution in [2.75, 3.05) is 6.54 Å². The Morgan fingerprint density at radius 2 is 1.95 bits per heavy atom. The lowest BCUT2D eigenvalue weighted by Gasteiger charge is -2.17. The maximum Gasteiger partial charge on any atom is 0.326 e.